The van der Waals surface area contributed by atoms with Crippen LogP contribution in [0.2, 0.25) is 0 Å². The number of nitrogens with one attached hydrogen (secondary N) is 1. The van der Waals surface area contributed by atoms with E-state index < -0.39 is 5.91 Å². The Morgan fingerprint density at radius 1 is 1.22 bits per heavy atom. The van der Waals surface area contributed by atoms with Gasteiger partial charge in [0, 0.05) is 17.8 Å². The van der Waals surface area contributed by atoms with Crippen LogP contribution in [0, 0.1) is 5.82 Å². The minimum Gasteiger partial charge on any atom is -0.403 e. The topological polar surface area (TPSA) is 85.8 Å². The van der Waals surface area contributed by atoms with Gasteiger partial charge in [0.05, 0.1) is 0 Å². The van der Waals surface area contributed by atoms with Gasteiger partial charge in [-0.1, -0.05) is 5.10 Å². The molecular formula is C15H14FN5O2. The van der Waals surface area contributed by atoms with Gasteiger partial charge in [-0.15, -0.1) is 5.10 Å². The molecule has 0 saturated carbocycles. The third-order valence-electron chi connectivity index (χ3n) is 3.11. The van der Waals surface area contributed by atoms with Crippen LogP contribution in [-0.2, 0) is 0 Å². The summed E-state index contributed by atoms with van der Waals surface area (Å²) in [6.07, 6.45) is 1.72. The van der Waals surface area contributed by atoms with E-state index >= 15 is 0 Å². The maximum absolute atomic E-state index is 12.9. The van der Waals surface area contributed by atoms with Crippen molar-refractivity contribution in [1.29, 1.82) is 0 Å². The Morgan fingerprint density at radius 2 is 1.96 bits per heavy atom. The third kappa shape index (κ3) is 3.25. The van der Waals surface area contributed by atoms with Crippen LogP contribution in [0.25, 0.3) is 11.5 Å². The Labute approximate surface area is 131 Å². The zero-order chi connectivity index (χ0) is 16.4. The van der Waals surface area contributed by atoms with Crippen LogP contribution >= 0.6 is 0 Å². The van der Waals surface area contributed by atoms with Crippen molar-refractivity contribution in [3.63, 3.8) is 0 Å². The Bertz CT molecular complexity index is 823. The van der Waals surface area contributed by atoms with E-state index in [-0.39, 0.29) is 29.5 Å². The van der Waals surface area contributed by atoms with E-state index in [0.29, 0.717) is 5.56 Å². The molecule has 0 aliphatic heterocycles. The van der Waals surface area contributed by atoms with Crippen molar-refractivity contribution in [3.05, 3.63) is 48.0 Å². The lowest BCUT2D eigenvalue weighted by atomic mass is 10.2. The van der Waals surface area contributed by atoms with E-state index in [2.05, 4.69) is 20.6 Å². The van der Waals surface area contributed by atoms with Crippen LogP contribution in [0.5, 0.6) is 0 Å². The van der Waals surface area contributed by atoms with Crippen LogP contribution in [0.15, 0.2) is 40.9 Å². The Hall–Kier alpha value is -3.03. The molecule has 1 aromatic carbocycles. The van der Waals surface area contributed by atoms with Crippen molar-refractivity contribution in [3.8, 4) is 11.5 Å². The second-order valence-corrected chi connectivity index (χ2v) is 5.15. The van der Waals surface area contributed by atoms with Gasteiger partial charge in [0.1, 0.15) is 5.82 Å². The molecule has 0 radical (unpaired) electrons. The molecule has 0 saturated heterocycles. The normalized spacial score (nSPS) is 11.0. The molecule has 1 amide bonds. The van der Waals surface area contributed by atoms with Gasteiger partial charge < -0.3 is 4.42 Å². The highest BCUT2D eigenvalue weighted by atomic mass is 19.1. The summed E-state index contributed by atoms with van der Waals surface area (Å²) in [4.78, 5) is 12.1. The highest BCUT2D eigenvalue weighted by molar-refractivity contribution is 6.01. The number of rotatable bonds is 4. The molecule has 8 heteroatoms. The van der Waals surface area contributed by atoms with Crippen LogP contribution in [0.3, 0.4) is 0 Å². The molecule has 0 spiro atoms. The lowest BCUT2D eigenvalue weighted by Gasteiger charge is -2.03. The average molecular weight is 315 g/mol. The molecule has 0 fully saturated rings. The maximum atomic E-state index is 12.9. The first-order chi connectivity index (χ1) is 11.0. The zero-order valence-electron chi connectivity index (χ0n) is 12.5. The molecule has 0 aliphatic rings. The van der Waals surface area contributed by atoms with Crippen LogP contribution in [0.4, 0.5) is 10.4 Å². The van der Waals surface area contributed by atoms with E-state index in [4.69, 9.17) is 4.42 Å². The summed E-state index contributed by atoms with van der Waals surface area (Å²) < 4.78 is 19.9. The summed E-state index contributed by atoms with van der Waals surface area (Å²) >= 11 is 0. The van der Waals surface area contributed by atoms with E-state index in [0.717, 1.165) is 0 Å². The molecular weight excluding hydrogens is 301 g/mol. The third-order valence-corrected chi connectivity index (χ3v) is 3.11. The van der Waals surface area contributed by atoms with E-state index in [9.17, 15) is 9.18 Å². The summed E-state index contributed by atoms with van der Waals surface area (Å²) in [5.74, 6) is -0.616. The summed E-state index contributed by atoms with van der Waals surface area (Å²) in [6, 6.07) is 7.31. The van der Waals surface area contributed by atoms with Crippen LogP contribution in [-0.4, -0.2) is 25.9 Å². The SMILES string of the molecule is CC(C)n1ccc(C(=O)Nc2nnc(-c3ccc(F)cc3)o2)n1. The average Bonchev–Trinajstić information content (AvgIpc) is 3.17. The molecule has 23 heavy (non-hydrogen) atoms. The number of carbonyl (C=O) groups excluding carboxylic acids is 1. The zero-order valence-corrected chi connectivity index (χ0v) is 12.5. The molecule has 2 heterocycles. The highest BCUT2D eigenvalue weighted by Crippen LogP contribution is 2.20. The summed E-state index contributed by atoms with van der Waals surface area (Å²) in [6.45, 7) is 3.92. The summed E-state index contributed by atoms with van der Waals surface area (Å²) in [5.41, 5.74) is 0.809. The van der Waals surface area contributed by atoms with E-state index in [1.165, 1.54) is 24.3 Å². The first kappa shape index (κ1) is 14.9. The van der Waals surface area contributed by atoms with E-state index in [1.807, 2.05) is 13.8 Å². The molecule has 3 aromatic rings. The number of amides is 1. The van der Waals surface area contributed by atoms with Crippen LogP contribution in [0.1, 0.15) is 30.4 Å². The van der Waals surface area contributed by atoms with Crippen LogP contribution < -0.4 is 5.32 Å². The number of hydrogen-bond acceptors (Lipinski definition) is 5. The smallest absolute Gasteiger partial charge is 0.322 e. The molecule has 0 atom stereocenters. The quantitative estimate of drug-likeness (QED) is 0.800. The van der Waals surface area contributed by atoms with Gasteiger partial charge in [-0.3, -0.25) is 14.8 Å². The van der Waals surface area contributed by atoms with Crippen molar-refractivity contribution in [2.24, 2.45) is 0 Å². The number of hydrogen-bond donors (Lipinski definition) is 1. The minimum atomic E-state index is -0.446. The van der Waals surface area contributed by atoms with Crippen molar-refractivity contribution < 1.29 is 13.6 Å². The fraction of sp³-hybridized carbons (Fsp3) is 0.200. The fourth-order valence-corrected chi connectivity index (χ4v) is 1.89. The van der Waals surface area contributed by atoms with E-state index in [1.54, 1.807) is 16.9 Å². The van der Waals surface area contributed by atoms with Crippen molar-refractivity contribution in [2.45, 2.75) is 19.9 Å². The van der Waals surface area contributed by atoms with Crippen molar-refractivity contribution >= 4 is 11.9 Å². The molecule has 0 unspecified atom stereocenters. The first-order valence-corrected chi connectivity index (χ1v) is 6.99. The number of anilines is 1. The standard InChI is InChI=1S/C15H14FN5O2/c1-9(2)21-8-7-12(20-21)13(22)17-15-19-18-14(23-15)10-3-5-11(16)6-4-10/h3-9H,1-2H3,(H,17,19,22). The monoisotopic (exact) mass is 315 g/mol. The van der Waals surface area contributed by atoms with Gasteiger partial charge in [-0.05, 0) is 44.2 Å². The number of carbonyl (C=O) groups is 1. The fourth-order valence-electron chi connectivity index (χ4n) is 1.89. The second-order valence-electron chi connectivity index (χ2n) is 5.15. The van der Waals surface area contributed by atoms with Gasteiger partial charge >= 0.3 is 6.01 Å². The van der Waals surface area contributed by atoms with Gasteiger partial charge in [0.2, 0.25) is 5.89 Å². The predicted molar refractivity (Wildman–Crippen MR) is 80.3 cm³/mol. The number of benzene rings is 1. The van der Waals surface area contributed by atoms with Gasteiger partial charge in [0.15, 0.2) is 5.69 Å². The van der Waals surface area contributed by atoms with Gasteiger partial charge in [-0.2, -0.15) is 5.10 Å². The molecule has 0 bridgehead atoms. The maximum Gasteiger partial charge on any atom is 0.322 e. The minimum absolute atomic E-state index is 0.0478. The molecule has 1 N–H and O–H groups in total. The first-order valence-electron chi connectivity index (χ1n) is 6.99. The lowest BCUT2D eigenvalue weighted by molar-refractivity contribution is 0.101. The molecule has 2 aromatic heterocycles. The largest absolute Gasteiger partial charge is 0.403 e. The molecule has 118 valence electrons. The lowest BCUT2D eigenvalue weighted by Crippen LogP contribution is -2.14. The predicted octanol–water partition coefficient (Wildman–Crippen LogP) is 2.91. The molecule has 0 aliphatic carbocycles. The number of aromatic nitrogens is 4. The highest BCUT2D eigenvalue weighted by Gasteiger charge is 2.15. The molecule has 3 rings (SSSR count). The summed E-state index contributed by atoms with van der Waals surface area (Å²) in [7, 11) is 0. The number of halogens is 1. The Morgan fingerprint density at radius 3 is 2.61 bits per heavy atom. The second kappa shape index (κ2) is 5.99. The molecule has 7 nitrogen and oxygen atoms in total. The van der Waals surface area contributed by atoms with Crippen molar-refractivity contribution in [1.82, 2.24) is 20.0 Å². The van der Waals surface area contributed by atoms with Gasteiger partial charge in [-0.25, -0.2) is 4.39 Å². The number of nitrogens with zero attached hydrogens (tertiary/aromatic N) is 4. The summed E-state index contributed by atoms with van der Waals surface area (Å²) in [5, 5.41) is 14.2. The van der Waals surface area contributed by atoms with Gasteiger partial charge in [0.25, 0.3) is 5.91 Å². The van der Waals surface area contributed by atoms with Crippen molar-refractivity contribution in [2.75, 3.05) is 5.32 Å². The Kier molecular flexibility index (Phi) is 3.88. The Balaban J connectivity index is 1.73.